The molecule has 6 rings (SSSR count). The summed E-state index contributed by atoms with van der Waals surface area (Å²) in [7, 11) is -4.55. The van der Waals surface area contributed by atoms with Crippen molar-refractivity contribution in [3.8, 4) is 16.9 Å². The lowest BCUT2D eigenvalue weighted by Crippen LogP contribution is -2.51. The molecule has 44 heavy (non-hydrogen) atoms. The van der Waals surface area contributed by atoms with E-state index in [9.17, 15) is 31.2 Å². The lowest BCUT2D eigenvalue weighted by atomic mass is 9.73. The Labute approximate surface area is 252 Å². The number of alkyl carbamates (subject to hydrolysis) is 1. The first-order valence-corrected chi connectivity index (χ1v) is 16.0. The van der Waals surface area contributed by atoms with Crippen LogP contribution in [0.1, 0.15) is 68.4 Å². The Morgan fingerprint density at radius 2 is 1.91 bits per heavy atom. The van der Waals surface area contributed by atoms with Crippen LogP contribution in [-0.4, -0.2) is 60.5 Å². The van der Waals surface area contributed by atoms with Crippen molar-refractivity contribution in [3.63, 3.8) is 0 Å². The van der Waals surface area contributed by atoms with Gasteiger partial charge in [0.15, 0.2) is 0 Å². The topological polar surface area (TPSA) is 131 Å². The van der Waals surface area contributed by atoms with Gasteiger partial charge in [-0.3, -0.25) is 4.79 Å². The van der Waals surface area contributed by atoms with Gasteiger partial charge in [-0.2, -0.15) is 21.6 Å². The Morgan fingerprint density at radius 1 is 1.14 bits per heavy atom. The molecule has 2 amide bonds. The maximum Gasteiger partial charge on any atom is 0.534 e. The molecule has 2 heterocycles. The number of rotatable bonds is 7. The average molecular weight is 635 g/mol. The number of hydrogen-bond donors (Lipinski definition) is 2. The summed E-state index contributed by atoms with van der Waals surface area (Å²) < 4.78 is 72.2. The summed E-state index contributed by atoms with van der Waals surface area (Å²) in [5.74, 6) is 0.328. The van der Waals surface area contributed by atoms with E-state index >= 15 is 0 Å². The van der Waals surface area contributed by atoms with E-state index in [1.54, 1.807) is 11.0 Å². The summed E-state index contributed by atoms with van der Waals surface area (Å²) in [5.41, 5.74) is -1.15. The number of nitrogens with zero attached hydrogens (tertiary/aromatic N) is 2. The number of amides is 2. The third kappa shape index (κ3) is 5.16. The van der Waals surface area contributed by atoms with Gasteiger partial charge in [-0.1, -0.05) is 26.0 Å². The SMILES string of the molecule is COC(=O)NC(C(=O)N1CCCC1c1nc2ccc(-c3ccc(OS(=O)(=O)C(F)(F)F)c4c3C3CCC3C4)cc2[nH]1)C(C)C. The Balaban J connectivity index is 1.32. The van der Waals surface area contributed by atoms with Crippen LogP contribution < -0.4 is 9.50 Å². The summed E-state index contributed by atoms with van der Waals surface area (Å²) in [4.78, 5) is 35.3. The fraction of sp³-hybridized carbons (Fsp3) is 0.500. The number of methoxy groups -OCH3 is 1. The number of carbonyl (C=O) groups is 2. The van der Waals surface area contributed by atoms with E-state index in [-0.39, 0.29) is 35.5 Å². The molecule has 0 radical (unpaired) electrons. The van der Waals surface area contributed by atoms with Crippen LogP contribution >= 0.6 is 0 Å². The van der Waals surface area contributed by atoms with E-state index < -0.39 is 27.8 Å². The number of aromatic nitrogens is 2. The maximum atomic E-state index is 13.5. The van der Waals surface area contributed by atoms with Gasteiger partial charge < -0.3 is 24.1 Å². The van der Waals surface area contributed by atoms with Gasteiger partial charge in [0.25, 0.3) is 0 Å². The standard InChI is InChI=1S/C30H33F3N4O6S/c1-15(2)26(36-29(39)42-3)28(38)37-12-4-5-23(37)27-34-21-10-7-17(14-22(21)35-27)19-9-11-24(43-44(40,41)30(31,32)33)20-13-16-6-8-18(16)25(19)20/h7,9-11,14-16,18,23,26H,4-6,8,12-13H2,1-3H3,(H,34,35)(H,36,39). The van der Waals surface area contributed by atoms with Crippen molar-refractivity contribution in [2.75, 3.05) is 13.7 Å². The second-order valence-electron chi connectivity index (χ2n) is 12.0. The van der Waals surface area contributed by atoms with Crippen molar-refractivity contribution in [1.29, 1.82) is 0 Å². The van der Waals surface area contributed by atoms with Gasteiger partial charge in [-0.25, -0.2) is 9.78 Å². The van der Waals surface area contributed by atoms with Crippen LogP contribution in [0.25, 0.3) is 22.2 Å². The summed E-state index contributed by atoms with van der Waals surface area (Å²) in [6.07, 6.45) is 3.03. The number of imidazole rings is 1. The molecule has 14 heteroatoms. The van der Waals surface area contributed by atoms with Gasteiger partial charge in [0.2, 0.25) is 5.91 Å². The minimum atomic E-state index is -5.80. The molecule has 2 N–H and O–H groups in total. The van der Waals surface area contributed by atoms with Crippen LogP contribution in [-0.2, 0) is 26.1 Å². The smallest absolute Gasteiger partial charge is 0.453 e. The zero-order valence-electron chi connectivity index (χ0n) is 24.4. The molecule has 1 saturated heterocycles. The molecule has 236 valence electrons. The highest BCUT2D eigenvalue weighted by molar-refractivity contribution is 7.88. The van der Waals surface area contributed by atoms with Crippen LogP contribution in [0.15, 0.2) is 30.3 Å². The van der Waals surface area contributed by atoms with Crippen LogP contribution in [0.3, 0.4) is 0 Å². The molecule has 10 nitrogen and oxygen atoms in total. The number of fused-ring (bicyclic) bond motifs is 4. The molecule has 1 saturated carbocycles. The Kier molecular flexibility index (Phi) is 7.53. The molecule has 1 aromatic heterocycles. The Hall–Kier alpha value is -3.81. The molecule has 2 aliphatic carbocycles. The number of H-pyrrole nitrogens is 1. The predicted octanol–water partition coefficient (Wildman–Crippen LogP) is 5.55. The number of halogens is 3. The number of alkyl halides is 3. The molecule has 4 unspecified atom stereocenters. The number of likely N-dealkylation sites (tertiary alicyclic amines) is 1. The van der Waals surface area contributed by atoms with Crippen molar-refractivity contribution < 1.29 is 40.1 Å². The normalized spacial score (nSPS) is 22.0. The number of carbonyl (C=O) groups excluding carboxylic acids is 2. The highest BCUT2D eigenvalue weighted by Gasteiger charge is 2.50. The van der Waals surface area contributed by atoms with Gasteiger partial charge in [0.1, 0.15) is 17.6 Å². The quantitative estimate of drug-likeness (QED) is 0.257. The van der Waals surface area contributed by atoms with E-state index in [2.05, 4.69) is 14.5 Å². The molecule has 3 aliphatic rings. The molecular weight excluding hydrogens is 601 g/mol. The summed E-state index contributed by atoms with van der Waals surface area (Å²) in [5, 5.41) is 2.64. The molecule has 2 aromatic carbocycles. The molecule has 3 aromatic rings. The molecule has 0 spiro atoms. The number of ether oxygens (including phenoxy) is 1. The van der Waals surface area contributed by atoms with E-state index in [4.69, 9.17) is 9.72 Å². The van der Waals surface area contributed by atoms with Crippen LogP contribution in [0.5, 0.6) is 5.75 Å². The maximum absolute atomic E-state index is 13.5. The monoisotopic (exact) mass is 634 g/mol. The van der Waals surface area contributed by atoms with Crippen molar-refractivity contribution >= 4 is 33.2 Å². The third-order valence-corrected chi connectivity index (χ3v) is 10.1. The molecule has 2 fully saturated rings. The zero-order chi connectivity index (χ0) is 31.6. The fourth-order valence-electron chi connectivity index (χ4n) is 6.78. The third-order valence-electron chi connectivity index (χ3n) is 9.11. The van der Waals surface area contributed by atoms with E-state index in [0.717, 1.165) is 41.5 Å². The van der Waals surface area contributed by atoms with Gasteiger partial charge >= 0.3 is 21.7 Å². The van der Waals surface area contributed by atoms with Crippen LogP contribution in [0.2, 0.25) is 0 Å². The second-order valence-corrected chi connectivity index (χ2v) is 13.6. The number of hydrogen-bond acceptors (Lipinski definition) is 7. The lowest BCUT2D eigenvalue weighted by molar-refractivity contribution is -0.135. The molecule has 0 bridgehead atoms. The lowest BCUT2D eigenvalue weighted by Gasteiger charge is -2.31. The average Bonchev–Trinajstić information content (AvgIpc) is 3.66. The summed E-state index contributed by atoms with van der Waals surface area (Å²) >= 11 is 0. The fourth-order valence-corrected chi connectivity index (χ4v) is 7.26. The van der Waals surface area contributed by atoms with E-state index in [1.807, 2.05) is 32.0 Å². The number of benzene rings is 2. The predicted molar refractivity (Wildman–Crippen MR) is 154 cm³/mol. The van der Waals surface area contributed by atoms with Gasteiger partial charge in [-0.05, 0) is 84.7 Å². The second kappa shape index (κ2) is 11.0. The number of nitrogens with one attached hydrogen (secondary N) is 2. The van der Waals surface area contributed by atoms with Gasteiger partial charge in [0, 0.05) is 12.1 Å². The highest BCUT2D eigenvalue weighted by atomic mass is 32.2. The minimum Gasteiger partial charge on any atom is -0.453 e. The van der Waals surface area contributed by atoms with E-state index in [1.165, 1.54) is 13.2 Å². The number of aromatic amines is 1. The van der Waals surface area contributed by atoms with Gasteiger partial charge in [0.05, 0.1) is 24.2 Å². The first-order chi connectivity index (χ1) is 20.8. The van der Waals surface area contributed by atoms with Crippen molar-refractivity contribution in [1.82, 2.24) is 20.2 Å². The molecular formula is C30H33F3N4O6S. The van der Waals surface area contributed by atoms with Gasteiger partial charge in [-0.15, -0.1) is 0 Å². The van der Waals surface area contributed by atoms with Crippen molar-refractivity contribution in [2.24, 2.45) is 11.8 Å². The Bertz CT molecular complexity index is 1740. The van der Waals surface area contributed by atoms with Crippen LogP contribution in [0, 0.1) is 11.8 Å². The highest BCUT2D eigenvalue weighted by Crippen LogP contribution is 2.56. The first kappa shape index (κ1) is 30.2. The first-order valence-electron chi connectivity index (χ1n) is 14.6. The molecule has 4 atom stereocenters. The minimum absolute atomic E-state index is 0.121. The van der Waals surface area contributed by atoms with Crippen LogP contribution in [0.4, 0.5) is 18.0 Å². The Morgan fingerprint density at radius 3 is 2.57 bits per heavy atom. The van der Waals surface area contributed by atoms with Crippen molar-refractivity contribution in [3.05, 3.63) is 47.3 Å². The van der Waals surface area contributed by atoms with E-state index in [0.29, 0.717) is 36.3 Å². The summed E-state index contributed by atoms with van der Waals surface area (Å²) in [6, 6.07) is 7.50. The van der Waals surface area contributed by atoms with Crippen molar-refractivity contribution in [2.45, 2.75) is 69.5 Å². The summed E-state index contributed by atoms with van der Waals surface area (Å²) in [6.45, 7) is 4.22. The molecule has 1 aliphatic heterocycles. The zero-order valence-corrected chi connectivity index (χ0v) is 25.2. The largest absolute Gasteiger partial charge is 0.534 e.